The first-order valence-electron chi connectivity index (χ1n) is 17.9. The van der Waals surface area contributed by atoms with Crippen molar-refractivity contribution in [3.05, 3.63) is 135 Å². The fraction of sp³-hybridized carbons (Fsp3) is 0.279. The van der Waals surface area contributed by atoms with E-state index in [0.717, 1.165) is 49.0 Å². The minimum absolute atomic E-state index is 0.0734. The Kier molecular flexibility index (Phi) is 9.32. The predicted octanol–water partition coefficient (Wildman–Crippen LogP) is 8.76. The molecule has 2 unspecified atom stereocenters. The number of nitroso groups, excluding NO2 is 1. The molecule has 0 aliphatic carbocycles. The molecule has 10 nitrogen and oxygen atoms in total. The van der Waals surface area contributed by atoms with E-state index < -0.39 is 5.97 Å². The standard InChI is InChI=1S/C43H41N3O7/c1-45-20-18-30-24-38(50-4)40-25-33(30)34(45)21-26-5-13-32(14-6-26)51-39-23-27(7-15-36(39)53-43(47)29-8-11-31(44-48)12-9-29)22-35-41-28(17-19-46(35)2)10-16-37(49-3)42(41)52-40/h5-16,23-25,34-35H,17-22H2,1-4H3. The quantitative estimate of drug-likeness (QED) is 0.101. The van der Waals surface area contributed by atoms with Gasteiger partial charge < -0.3 is 23.7 Å². The Hall–Kier alpha value is -5.71. The van der Waals surface area contributed by atoms with E-state index >= 15 is 0 Å². The van der Waals surface area contributed by atoms with Gasteiger partial charge in [-0.3, -0.25) is 9.80 Å². The van der Waals surface area contributed by atoms with Crippen LogP contribution in [0, 0.1) is 4.91 Å². The Morgan fingerprint density at radius 3 is 2.09 bits per heavy atom. The highest BCUT2D eigenvalue weighted by Crippen LogP contribution is 2.48. The van der Waals surface area contributed by atoms with Crippen molar-refractivity contribution in [3.63, 3.8) is 0 Å². The number of methoxy groups -OCH3 is 2. The molecule has 0 fully saturated rings. The molecule has 0 saturated heterocycles. The molecular weight excluding hydrogens is 670 g/mol. The summed E-state index contributed by atoms with van der Waals surface area (Å²) in [6.07, 6.45) is 3.17. The molecule has 270 valence electrons. The van der Waals surface area contributed by atoms with Crippen LogP contribution in [-0.2, 0) is 25.7 Å². The van der Waals surface area contributed by atoms with Gasteiger partial charge in [-0.15, -0.1) is 4.91 Å². The normalized spacial score (nSPS) is 18.0. The van der Waals surface area contributed by atoms with Crippen LogP contribution in [0.5, 0.6) is 40.2 Å². The summed E-state index contributed by atoms with van der Waals surface area (Å²) in [4.78, 5) is 28.9. The molecule has 0 radical (unpaired) electrons. The molecule has 6 bridgehead atoms. The Morgan fingerprint density at radius 1 is 0.698 bits per heavy atom. The van der Waals surface area contributed by atoms with Crippen molar-refractivity contribution >= 4 is 11.7 Å². The summed E-state index contributed by atoms with van der Waals surface area (Å²) in [6.45, 7) is 1.79. The lowest BCUT2D eigenvalue weighted by Gasteiger charge is -2.37. The van der Waals surface area contributed by atoms with E-state index in [4.69, 9.17) is 23.7 Å². The number of likely N-dealkylation sites (N-methyl/N-ethyl adjacent to an activating group) is 2. The average Bonchev–Trinajstić information content (AvgIpc) is 3.18. The maximum atomic E-state index is 13.3. The van der Waals surface area contributed by atoms with Crippen molar-refractivity contribution in [1.82, 2.24) is 9.80 Å². The summed E-state index contributed by atoms with van der Waals surface area (Å²) in [5.41, 5.74) is 7.38. The van der Waals surface area contributed by atoms with Crippen LogP contribution < -0.4 is 23.7 Å². The number of carbonyl (C=O) groups is 1. The zero-order valence-electron chi connectivity index (χ0n) is 30.3. The molecular formula is C43H41N3O7. The molecule has 4 heterocycles. The number of fused-ring (bicyclic) bond motifs is 2. The highest BCUT2D eigenvalue weighted by molar-refractivity contribution is 5.91. The van der Waals surface area contributed by atoms with E-state index in [1.807, 2.05) is 30.3 Å². The SMILES string of the molecule is COc1cc2c3cc1Oc1c(OC)ccc4c1C(Cc1ccc(OC(=O)c5ccc(N=O)cc5)c(c1)Oc1ccc(cc1)CC3N(C)CC2)N(C)CC4. The second kappa shape index (κ2) is 14.4. The number of hydrogen-bond acceptors (Lipinski definition) is 10. The molecule has 4 aliphatic rings. The van der Waals surface area contributed by atoms with Crippen molar-refractivity contribution in [1.29, 1.82) is 0 Å². The highest BCUT2D eigenvalue weighted by atomic mass is 16.6. The lowest BCUT2D eigenvalue weighted by Crippen LogP contribution is -2.34. The number of rotatable bonds is 5. The van der Waals surface area contributed by atoms with E-state index in [1.165, 1.54) is 41.0 Å². The van der Waals surface area contributed by atoms with Gasteiger partial charge in [0, 0.05) is 30.7 Å². The Labute approximate surface area is 308 Å². The summed E-state index contributed by atoms with van der Waals surface area (Å²) in [6, 6.07) is 28.2. The summed E-state index contributed by atoms with van der Waals surface area (Å²) in [5, 5.41) is 2.92. The second-order valence-electron chi connectivity index (χ2n) is 13.9. The van der Waals surface area contributed by atoms with Gasteiger partial charge in [0.2, 0.25) is 0 Å². The first kappa shape index (κ1) is 34.4. The lowest BCUT2D eigenvalue weighted by molar-refractivity contribution is 0.0730. The molecule has 4 aliphatic heterocycles. The molecule has 0 spiro atoms. The monoisotopic (exact) mass is 711 g/mol. The molecule has 0 aromatic heterocycles. The Morgan fingerprint density at radius 2 is 1.36 bits per heavy atom. The molecule has 2 atom stereocenters. The number of ether oxygens (including phenoxy) is 5. The Balaban J connectivity index is 1.26. The van der Waals surface area contributed by atoms with E-state index in [2.05, 4.69) is 59.4 Å². The molecule has 5 aromatic carbocycles. The van der Waals surface area contributed by atoms with Crippen molar-refractivity contribution in [2.24, 2.45) is 5.18 Å². The molecule has 0 N–H and O–H groups in total. The summed E-state index contributed by atoms with van der Waals surface area (Å²) < 4.78 is 31.4. The van der Waals surface area contributed by atoms with Crippen LogP contribution in [0.15, 0.2) is 96.2 Å². The third kappa shape index (κ3) is 6.71. The molecule has 9 rings (SSSR count). The maximum Gasteiger partial charge on any atom is 0.343 e. The topological polar surface area (TPSA) is 99.1 Å². The van der Waals surface area contributed by atoms with Crippen molar-refractivity contribution in [3.8, 4) is 40.2 Å². The zero-order valence-corrected chi connectivity index (χ0v) is 30.3. The van der Waals surface area contributed by atoms with Crippen molar-refractivity contribution in [2.75, 3.05) is 41.4 Å². The maximum absolute atomic E-state index is 13.3. The van der Waals surface area contributed by atoms with Gasteiger partial charge in [0.25, 0.3) is 0 Å². The molecule has 10 heteroatoms. The van der Waals surface area contributed by atoms with Crippen LogP contribution in [0.1, 0.15) is 55.8 Å². The number of carbonyl (C=O) groups excluding carboxylic acids is 1. The van der Waals surface area contributed by atoms with E-state index in [1.54, 1.807) is 20.3 Å². The number of nitrogens with zero attached hydrogens (tertiary/aromatic N) is 3. The minimum atomic E-state index is -0.575. The van der Waals surface area contributed by atoms with Gasteiger partial charge in [-0.1, -0.05) is 24.3 Å². The number of hydrogen-bond donors (Lipinski definition) is 0. The third-order valence-electron chi connectivity index (χ3n) is 10.8. The number of esters is 1. The minimum Gasteiger partial charge on any atom is -0.493 e. The molecule has 0 saturated carbocycles. The van der Waals surface area contributed by atoms with Crippen LogP contribution in [0.25, 0.3) is 0 Å². The summed E-state index contributed by atoms with van der Waals surface area (Å²) >= 11 is 0. The molecule has 5 aromatic rings. The van der Waals surface area contributed by atoms with Crippen molar-refractivity contribution < 1.29 is 28.5 Å². The lowest BCUT2D eigenvalue weighted by atomic mass is 9.87. The molecule has 0 amide bonds. The third-order valence-corrected chi connectivity index (χ3v) is 10.8. The van der Waals surface area contributed by atoms with Gasteiger partial charge in [-0.05, 0) is 140 Å². The first-order chi connectivity index (χ1) is 25.8. The van der Waals surface area contributed by atoms with E-state index in [9.17, 15) is 9.70 Å². The van der Waals surface area contributed by atoms with Gasteiger partial charge in [0.1, 0.15) is 11.4 Å². The largest absolute Gasteiger partial charge is 0.493 e. The Bertz CT molecular complexity index is 2180. The predicted molar refractivity (Wildman–Crippen MR) is 201 cm³/mol. The van der Waals surface area contributed by atoms with Crippen LogP contribution in [0.4, 0.5) is 5.69 Å². The summed E-state index contributed by atoms with van der Waals surface area (Å²) in [7, 11) is 7.66. The van der Waals surface area contributed by atoms with Gasteiger partial charge in [-0.25, -0.2) is 4.79 Å². The highest BCUT2D eigenvalue weighted by Gasteiger charge is 2.33. The van der Waals surface area contributed by atoms with E-state index in [0.29, 0.717) is 40.9 Å². The first-order valence-corrected chi connectivity index (χ1v) is 17.9. The summed E-state index contributed by atoms with van der Waals surface area (Å²) in [5.74, 6) is 3.40. The average molecular weight is 712 g/mol. The molecule has 53 heavy (non-hydrogen) atoms. The van der Waals surface area contributed by atoms with Gasteiger partial charge >= 0.3 is 5.97 Å². The van der Waals surface area contributed by atoms with Gasteiger partial charge in [0.05, 0.1) is 19.8 Å². The smallest absolute Gasteiger partial charge is 0.343 e. The fourth-order valence-corrected chi connectivity index (χ4v) is 7.78. The second-order valence-corrected chi connectivity index (χ2v) is 13.9. The van der Waals surface area contributed by atoms with Crippen LogP contribution in [0.3, 0.4) is 0 Å². The number of benzene rings is 5. The van der Waals surface area contributed by atoms with Crippen LogP contribution >= 0.6 is 0 Å². The van der Waals surface area contributed by atoms with Gasteiger partial charge in [-0.2, -0.15) is 0 Å². The van der Waals surface area contributed by atoms with Crippen molar-refractivity contribution in [2.45, 2.75) is 37.8 Å². The zero-order chi connectivity index (χ0) is 36.6. The van der Waals surface area contributed by atoms with Crippen LogP contribution in [0.2, 0.25) is 0 Å². The van der Waals surface area contributed by atoms with Gasteiger partial charge in [0.15, 0.2) is 34.5 Å². The van der Waals surface area contributed by atoms with E-state index in [-0.39, 0.29) is 29.1 Å². The van der Waals surface area contributed by atoms with Crippen LogP contribution in [-0.4, -0.2) is 57.2 Å². The fourth-order valence-electron chi connectivity index (χ4n) is 7.78.